The quantitative estimate of drug-likeness (QED) is 0.836. The van der Waals surface area contributed by atoms with Crippen molar-refractivity contribution in [3.8, 4) is 5.88 Å². The summed E-state index contributed by atoms with van der Waals surface area (Å²) in [5.74, 6) is 0.959. The Hall–Kier alpha value is -2.43. The van der Waals surface area contributed by atoms with E-state index in [1.165, 1.54) is 12.1 Å². The molecule has 1 fully saturated rings. The number of piperidine rings is 1. The first-order valence-corrected chi connectivity index (χ1v) is 8.68. The number of benzene rings is 1. The third-order valence-corrected chi connectivity index (χ3v) is 4.65. The van der Waals surface area contributed by atoms with Crippen molar-refractivity contribution in [2.75, 3.05) is 19.7 Å². The van der Waals surface area contributed by atoms with Gasteiger partial charge in [-0.2, -0.15) is 0 Å². The molecule has 132 valence electrons. The zero-order chi connectivity index (χ0) is 17.6. The Balaban J connectivity index is 1.44. The summed E-state index contributed by atoms with van der Waals surface area (Å²) in [7, 11) is 0. The first kappa shape index (κ1) is 17.4. The van der Waals surface area contributed by atoms with E-state index in [2.05, 4.69) is 4.98 Å². The Morgan fingerprint density at radius 3 is 2.64 bits per heavy atom. The van der Waals surface area contributed by atoms with Gasteiger partial charge in [-0.05, 0) is 49.4 Å². The van der Waals surface area contributed by atoms with Crippen LogP contribution >= 0.6 is 0 Å². The van der Waals surface area contributed by atoms with Crippen LogP contribution in [0.2, 0.25) is 0 Å². The number of likely N-dealkylation sites (tertiary alicyclic amines) is 1. The van der Waals surface area contributed by atoms with Gasteiger partial charge in [0.15, 0.2) is 0 Å². The molecule has 1 aromatic heterocycles. The van der Waals surface area contributed by atoms with Gasteiger partial charge in [-0.15, -0.1) is 0 Å². The monoisotopic (exact) mass is 342 g/mol. The number of hydrogen-bond donors (Lipinski definition) is 0. The molecule has 5 heteroatoms. The second-order valence-electron chi connectivity index (χ2n) is 6.56. The number of hydrogen-bond acceptors (Lipinski definition) is 3. The molecule has 0 aliphatic carbocycles. The molecular formula is C20H23FN2O2. The molecule has 2 heterocycles. The van der Waals surface area contributed by atoms with E-state index in [-0.39, 0.29) is 11.7 Å². The molecule has 25 heavy (non-hydrogen) atoms. The van der Waals surface area contributed by atoms with Gasteiger partial charge in [0.25, 0.3) is 0 Å². The SMILES string of the molecule is Cc1cccnc1OCC1CCN(C(=O)Cc2ccc(F)cc2)CC1. The molecule has 0 unspecified atom stereocenters. The summed E-state index contributed by atoms with van der Waals surface area (Å²) in [6.45, 7) is 4.11. The Labute approximate surface area is 147 Å². The zero-order valence-corrected chi connectivity index (χ0v) is 14.5. The molecule has 1 aliphatic rings. The van der Waals surface area contributed by atoms with Crippen molar-refractivity contribution >= 4 is 5.91 Å². The number of ether oxygens (including phenoxy) is 1. The molecule has 0 saturated carbocycles. The molecular weight excluding hydrogens is 319 g/mol. The van der Waals surface area contributed by atoms with Crippen molar-refractivity contribution in [1.82, 2.24) is 9.88 Å². The van der Waals surface area contributed by atoms with Crippen molar-refractivity contribution in [3.05, 3.63) is 59.5 Å². The van der Waals surface area contributed by atoms with E-state index in [0.717, 1.165) is 37.1 Å². The van der Waals surface area contributed by atoms with Crippen LogP contribution in [0, 0.1) is 18.7 Å². The lowest BCUT2D eigenvalue weighted by molar-refractivity contribution is -0.132. The zero-order valence-electron chi connectivity index (χ0n) is 14.5. The summed E-state index contributed by atoms with van der Waals surface area (Å²) >= 11 is 0. The summed E-state index contributed by atoms with van der Waals surface area (Å²) in [6.07, 6.45) is 3.93. The maximum Gasteiger partial charge on any atom is 0.226 e. The second-order valence-corrected chi connectivity index (χ2v) is 6.56. The van der Waals surface area contributed by atoms with Crippen LogP contribution in [0.4, 0.5) is 4.39 Å². The fraction of sp³-hybridized carbons (Fsp3) is 0.400. The Bertz CT molecular complexity index is 710. The average molecular weight is 342 g/mol. The van der Waals surface area contributed by atoms with Crippen LogP contribution in [-0.2, 0) is 11.2 Å². The minimum Gasteiger partial charge on any atom is -0.477 e. The highest BCUT2D eigenvalue weighted by molar-refractivity contribution is 5.78. The highest BCUT2D eigenvalue weighted by Crippen LogP contribution is 2.20. The number of halogens is 1. The number of amides is 1. The maximum absolute atomic E-state index is 12.9. The number of pyridine rings is 1. The van der Waals surface area contributed by atoms with Crippen LogP contribution in [0.3, 0.4) is 0 Å². The first-order chi connectivity index (χ1) is 12.1. The van der Waals surface area contributed by atoms with Crippen LogP contribution in [0.1, 0.15) is 24.0 Å². The lowest BCUT2D eigenvalue weighted by atomic mass is 9.97. The molecule has 0 atom stereocenters. The fourth-order valence-corrected chi connectivity index (χ4v) is 3.06. The minimum absolute atomic E-state index is 0.103. The third-order valence-electron chi connectivity index (χ3n) is 4.65. The summed E-state index contributed by atoms with van der Waals surface area (Å²) < 4.78 is 18.8. The number of carbonyl (C=O) groups is 1. The average Bonchev–Trinajstić information content (AvgIpc) is 2.63. The molecule has 0 radical (unpaired) electrons. The summed E-state index contributed by atoms with van der Waals surface area (Å²) in [5.41, 5.74) is 1.89. The van der Waals surface area contributed by atoms with E-state index >= 15 is 0 Å². The molecule has 1 aliphatic heterocycles. The highest BCUT2D eigenvalue weighted by atomic mass is 19.1. The summed E-state index contributed by atoms with van der Waals surface area (Å²) in [5, 5.41) is 0. The molecule has 0 N–H and O–H groups in total. The first-order valence-electron chi connectivity index (χ1n) is 8.68. The molecule has 4 nitrogen and oxygen atoms in total. The Morgan fingerprint density at radius 2 is 1.96 bits per heavy atom. The predicted octanol–water partition coefficient (Wildman–Crippen LogP) is 3.39. The number of aryl methyl sites for hydroxylation is 1. The largest absolute Gasteiger partial charge is 0.477 e. The Kier molecular flexibility index (Phi) is 5.64. The molecule has 1 saturated heterocycles. The standard InChI is InChI=1S/C20H23FN2O2/c1-15-3-2-10-22-20(15)25-14-17-8-11-23(12-9-17)19(24)13-16-4-6-18(21)7-5-16/h2-7,10,17H,8-9,11-14H2,1H3. The van der Waals surface area contributed by atoms with E-state index in [9.17, 15) is 9.18 Å². The van der Waals surface area contributed by atoms with Gasteiger partial charge in [-0.3, -0.25) is 4.79 Å². The number of nitrogens with zero attached hydrogens (tertiary/aromatic N) is 2. The minimum atomic E-state index is -0.278. The van der Waals surface area contributed by atoms with E-state index < -0.39 is 0 Å². The molecule has 1 amide bonds. The summed E-state index contributed by atoms with van der Waals surface area (Å²) in [6, 6.07) is 10.0. The van der Waals surface area contributed by atoms with Crippen LogP contribution in [0.15, 0.2) is 42.6 Å². The number of rotatable bonds is 5. The molecule has 1 aromatic carbocycles. The van der Waals surface area contributed by atoms with Gasteiger partial charge in [0, 0.05) is 24.8 Å². The molecule has 0 bridgehead atoms. The van der Waals surface area contributed by atoms with Crippen molar-refractivity contribution in [2.45, 2.75) is 26.2 Å². The summed E-state index contributed by atoms with van der Waals surface area (Å²) in [4.78, 5) is 18.5. The second kappa shape index (κ2) is 8.10. The van der Waals surface area contributed by atoms with Gasteiger partial charge >= 0.3 is 0 Å². The molecule has 3 rings (SSSR count). The van der Waals surface area contributed by atoms with Crippen LogP contribution < -0.4 is 4.74 Å². The lowest BCUT2D eigenvalue weighted by Crippen LogP contribution is -2.40. The highest BCUT2D eigenvalue weighted by Gasteiger charge is 2.23. The van der Waals surface area contributed by atoms with Gasteiger partial charge in [0.2, 0.25) is 11.8 Å². The number of aromatic nitrogens is 1. The predicted molar refractivity (Wildman–Crippen MR) is 93.9 cm³/mol. The van der Waals surface area contributed by atoms with E-state index in [1.54, 1.807) is 18.3 Å². The van der Waals surface area contributed by atoms with Gasteiger partial charge < -0.3 is 9.64 Å². The van der Waals surface area contributed by atoms with Crippen molar-refractivity contribution in [1.29, 1.82) is 0 Å². The maximum atomic E-state index is 12.9. The normalized spacial score (nSPS) is 15.2. The topological polar surface area (TPSA) is 42.4 Å². The van der Waals surface area contributed by atoms with Gasteiger partial charge in [-0.25, -0.2) is 9.37 Å². The third kappa shape index (κ3) is 4.78. The van der Waals surface area contributed by atoms with Gasteiger partial charge in [-0.1, -0.05) is 18.2 Å². The van der Waals surface area contributed by atoms with Crippen LogP contribution in [-0.4, -0.2) is 35.5 Å². The van der Waals surface area contributed by atoms with E-state index in [4.69, 9.17) is 4.74 Å². The number of carbonyl (C=O) groups excluding carboxylic acids is 1. The smallest absolute Gasteiger partial charge is 0.226 e. The van der Waals surface area contributed by atoms with Crippen molar-refractivity contribution in [3.63, 3.8) is 0 Å². The molecule has 0 spiro atoms. The van der Waals surface area contributed by atoms with Crippen molar-refractivity contribution in [2.24, 2.45) is 5.92 Å². The van der Waals surface area contributed by atoms with Gasteiger partial charge in [0.05, 0.1) is 13.0 Å². The van der Waals surface area contributed by atoms with Crippen molar-refractivity contribution < 1.29 is 13.9 Å². The van der Waals surface area contributed by atoms with E-state index in [1.807, 2.05) is 24.0 Å². The Morgan fingerprint density at radius 1 is 1.24 bits per heavy atom. The molecule has 2 aromatic rings. The lowest BCUT2D eigenvalue weighted by Gasteiger charge is -2.32. The van der Waals surface area contributed by atoms with Crippen LogP contribution in [0.25, 0.3) is 0 Å². The van der Waals surface area contributed by atoms with Gasteiger partial charge in [0.1, 0.15) is 5.82 Å². The van der Waals surface area contributed by atoms with E-state index in [0.29, 0.717) is 24.8 Å². The fourth-order valence-electron chi connectivity index (χ4n) is 3.06. The van der Waals surface area contributed by atoms with Crippen LogP contribution in [0.5, 0.6) is 5.88 Å².